The highest BCUT2D eigenvalue weighted by molar-refractivity contribution is 5.97. The molecule has 1 aliphatic rings. The zero-order chi connectivity index (χ0) is 30.8. The summed E-state index contributed by atoms with van der Waals surface area (Å²) < 4.78 is 42.2. The molecule has 0 unspecified atom stereocenters. The number of aromatic nitrogens is 3. The number of alkyl halides is 3. The standard InChI is InChI=1S/C32H33F3N6O2/c1-31(2,3)38-30(43)40-16-14-25-24(22-10-7-11-23(18-22)32(33,34)35)12-13-26(27(25)20-40)29(42)36-15-17-41-28(19-37-39-41)21-8-5-4-6-9-21/h4-13,18-19H,14-17,20H2,1-3H3,(H,36,42)(H,38,43). The Bertz CT molecular complexity index is 1630. The number of hydrogen-bond donors (Lipinski definition) is 2. The maximum atomic E-state index is 13.5. The van der Waals surface area contributed by atoms with E-state index in [-0.39, 0.29) is 25.0 Å². The van der Waals surface area contributed by atoms with Crippen LogP contribution in [0.4, 0.5) is 18.0 Å². The van der Waals surface area contributed by atoms with Gasteiger partial charge in [0.05, 0.1) is 24.0 Å². The summed E-state index contributed by atoms with van der Waals surface area (Å²) in [5, 5.41) is 14.0. The minimum Gasteiger partial charge on any atom is -0.350 e. The minimum atomic E-state index is -4.48. The second-order valence-electron chi connectivity index (χ2n) is 11.5. The molecule has 43 heavy (non-hydrogen) atoms. The summed E-state index contributed by atoms with van der Waals surface area (Å²) in [4.78, 5) is 28.2. The van der Waals surface area contributed by atoms with Crippen LogP contribution in [-0.2, 0) is 25.7 Å². The van der Waals surface area contributed by atoms with Crippen molar-refractivity contribution in [3.8, 4) is 22.4 Å². The molecule has 1 aromatic heterocycles. The zero-order valence-electron chi connectivity index (χ0n) is 24.2. The molecule has 0 bridgehead atoms. The van der Waals surface area contributed by atoms with E-state index in [2.05, 4.69) is 20.9 Å². The van der Waals surface area contributed by atoms with Crippen molar-refractivity contribution in [2.24, 2.45) is 0 Å². The molecule has 0 fully saturated rings. The van der Waals surface area contributed by atoms with Gasteiger partial charge in [-0.05, 0) is 67.6 Å². The van der Waals surface area contributed by atoms with Gasteiger partial charge < -0.3 is 15.5 Å². The van der Waals surface area contributed by atoms with Gasteiger partial charge in [-0.25, -0.2) is 9.48 Å². The fourth-order valence-corrected chi connectivity index (χ4v) is 5.22. The largest absolute Gasteiger partial charge is 0.416 e. The number of hydrogen-bond acceptors (Lipinski definition) is 4. The highest BCUT2D eigenvalue weighted by Gasteiger charge is 2.32. The number of carbonyl (C=O) groups is 2. The van der Waals surface area contributed by atoms with Gasteiger partial charge in [0, 0.05) is 36.3 Å². The number of urea groups is 1. The van der Waals surface area contributed by atoms with Crippen molar-refractivity contribution in [1.82, 2.24) is 30.5 Å². The molecule has 0 aliphatic carbocycles. The van der Waals surface area contributed by atoms with Crippen LogP contribution in [0.15, 0.2) is 72.9 Å². The quantitative estimate of drug-likeness (QED) is 0.291. The van der Waals surface area contributed by atoms with Crippen molar-refractivity contribution in [1.29, 1.82) is 0 Å². The smallest absolute Gasteiger partial charge is 0.350 e. The van der Waals surface area contributed by atoms with Gasteiger partial charge in [-0.2, -0.15) is 13.2 Å². The predicted molar refractivity (Wildman–Crippen MR) is 157 cm³/mol. The van der Waals surface area contributed by atoms with Crippen LogP contribution in [0.5, 0.6) is 0 Å². The van der Waals surface area contributed by atoms with E-state index in [1.807, 2.05) is 51.1 Å². The van der Waals surface area contributed by atoms with Crippen LogP contribution < -0.4 is 10.6 Å². The Balaban J connectivity index is 1.42. The SMILES string of the molecule is CC(C)(C)NC(=O)N1CCc2c(-c3cccc(C(F)(F)F)c3)ccc(C(=O)NCCn3nncc3-c3ccccc3)c2C1. The fourth-order valence-electron chi connectivity index (χ4n) is 5.22. The lowest BCUT2D eigenvalue weighted by atomic mass is 9.87. The first kappa shape index (κ1) is 29.8. The first-order valence-electron chi connectivity index (χ1n) is 14.0. The van der Waals surface area contributed by atoms with Crippen LogP contribution >= 0.6 is 0 Å². The lowest BCUT2D eigenvalue weighted by Gasteiger charge is -2.34. The van der Waals surface area contributed by atoms with E-state index in [1.54, 1.807) is 34.0 Å². The van der Waals surface area contributed by atoms with E-state index in [9.17, 15) is 22.8 Å². The first-order valence-corrected chi connectivity index (χ1v) is 14.0. The maximum absolute atomic E-state index is 13.5. The first-order chi connectivity index (χ1) is 20.4. The number of nitrogens with one attached hydrogen (secondary N) is 2. The number of benzene rings is 3. The second-order valence-corrected chi connectivity index (χ2v) is 11.5. The molecule has 0 saturated heterocycles. The Labute approximate surface area is 247 Å². The summed E-state index contributed by atoms with van der Waals surface area (Å²) in [6, 6.07) is 17.9. The van der Waals surface area contributed by atoms with Gasteiger partial charge >= 0.3 is 12.2 Å². The van der Waals surface area contributed by atoms with Gasteiger partial charge in [-0.1, -0.05) is 53.7 Å². The van der Waals surface area contributed by atoms with Crippen molar-refractivity contribution >= 4 is 11.9 Å². The van der Waals surface area contributed by atoms with E-state index < -0.39 is 17.3 Å². The lowest BCUT2D eigenvalue weighted by molar-refractivity contribution is -0.137. The third-order valence-electron chi connectivity index (χ3n) is 7.22. The Morgan fingerprint density at radius 3 is 2.40 bits per heavy atom. The Morgan fingerprint density at radius 2 is 1.67 bits per heavy atom. The van der Waals surface area contributed by atoms with Crippen LogP contribution in [0.25, 0.3) is 22.4 Å². The minimum absolute atomic E-state index is 0.147. The van der Waals surface area contributed by atoms with E-state index in [0.717, 1.165) is 29.0 Å². The molecular weight excluding hydrogens is 557 g/mol. The molecule has 4 aromatic rings. The summed E-state index contributed by atoms with van der Waals surface area (Å²) in [7, 11) is 0. The highest BCUT2D eigenvalue weighted by atomic mass is 19.4. The van der Waals surface area contributed by atoms with Crippen molar-refractivity contribution in [2.45, 2.75) is 52.0 Å². The van der Waals surface area contributed by atoms with Crippen molar-refractivity contribution in [2.75, 3.05) is 13.1 Å². The van der Waals surface area contributed by atoms with Gasteiger partial charge in [0.15, 0.2) is 0 Å². The summed E-state index contributed by atoms with van der Waals surface area (Å²) in [5.74, 6) is -0.341. The summed E-state index contributed by atoms with van der Waals surface area (Å²) in [6.07, 6.45) is -2.43. The molecule has 11 heteroatoms. The topological polar surface area (TPSA) is 92.2 Å². The molecule has 3 amide bonds. The van der Waals surface area contributed by atoms with E-state index in [4.69, 9.17) is 0 Å². The molecule has 0 atom stereocenters. The maximum Gasteiger partial charge on any atom is 0.416 e. The number of fused-ring (bicyclic) bond motifs is 1. The van der Waals surface area contributed by atoms with E-state index in [0.29, 0.717) is 41.8 Å². The highest BCUT2D eigenvalue weighted by Crippen LogP contribution is 2.36. The number of nitrogens with zero attached hydrogens (tertiary/aromatic N) is 4. The Morgan fingerprint density at radius 1 is 0.930 bits per heavy atom. The molecule has 0 spiro atoms. The van der Waals surface area contributed by atoms with Gasteiger partial charge in [0.2, 0.25) is 0 Å². The lowest BCUT2D eigenvalue weighted by Crippen LogP contribution is -2.50. The normalized spacial score (nSPS) is 13.4. The number of carbonyl (C=O) groups excluding carboxylic acids is 2. The average Bonchev–Trinajstić information content (AvgIpc) is 3.44. The van der Waals surface area contributed by atoms with Crippen LogP contribution in [-0.4, -0.2) is 50.5 Å². The summed E-state index contributed by atoms with van der Waals surface area (Å²) >= 11 is 0. The van der Waals surface area contributed by atoms with Crippen molar-refractivity contribution < 1.29 is 22.8 Å². The Hall–Kier alpha value is -4.67. The van der Waals surface area contributed by atoms with Crippen LogP contribution in [0.1, 0.15) is 47.8 Å². The predicted octanol–water partition coefficient (Wildman–Crippen LogP) is 5.93. The van der Waals surface area contributed by atoms with Gasteiger partial charge in [-0.15, -0.1) is 5.10 Å². The molecular formula is C32H33F3N6O2. The van der Waals surface area contributed by atoms with Gasteiger partial charge in [-0.3, -0.25) is 4.79 Å². The average molecular weight is 591 g/mol. The van der Waals surface area contributed by atoms with E-state index >= 15 is 0 Å². The van der Waals surface area contributed by atoms with E-state index in [1.165, 1.54) is 6.07 Å². The monoisotopic (exact) mass is 590 g/mol. The zero-order valence-corrected chi connectivity index (χ0v) is 24.2. The van der Waals surface area contributed by atoms with Crippen LogP contribution in [0.3, 0.4) is 0 Å². The van der Waals surface area contributed by atoms with Gasteiger partial charge in [0.25, 0.3) is 5.91 Å². The summed E-state index contributed by atoms with van der Waals surface area (Å²) in [6.45, 7) is 6.79. The molecule has 8 nitrogen and oxygen atoms in total. The molecule has 224 valence electrons. The molecule has 2 heterocycles. The second kappa shape index (κ2) is 11.9. The summed E-state index contributed by atoms with van der Waals surface area (Å²) in [5.41, 5.74) is 3.34. The fraction of sp³-hybridized carbons (Fsp3) is 0.312. The number of amides is 3. The van der Waals surface area contributed by atoms with Crippen LogP contribution in [0.2, 0.25) is 0 Å². The molecule has 0 saturated carbocycles. The third kappa shape index (κ3) is 6.87. The Kier molecular flexibility index (Phi) is 8.25. The van der Waals surface area contributed by atoms with Crippen molar-refractivity contribution in [3.05, 3.63) is 95.2 Å². The molecule has 3 aromatic carbocycles. The molecule has 0 radical (unpaired) electrons. The van der Waals surface area contributed by atoms with Crippen molar-refractivity contribution in [3.63, 3.8) is 0 Å². The molecule has 2 N–H and O–H groups in total. The molecule has 1 aliphatic heterocycles. The molecule has 5 rings (SSSR count). The number of halogens is 3. The van der Waals surface area contributed by atoms with Gasteiger partial charge in [0.1, 0.15) is 0 Å². The number of rotatable bonds is 6. The third-order valence-corrected chi connectivity index (χ3v) is 7.22. The van der Waals surface area contributed by atoms with Crippen LogP contribution in [0, 0.1) is 0 Å².